The van der Waals surface area contributed by atoms with Crippen molar-refractivity contribution in [1.29, 1.82) is 0 Å². The number of pyridine rings is 1. The number of nitrogens with zero attached hydrogens (tertiary/aromatic N) is 5. The molecule has 8 heteroatoms. The molecular formula is C20H17N5O3. The molecule has 1 fully saturated rings. The average Bonchev–Trinajstić information content (AvgIpc) is 3.47. The molecule has 0 unspecified atom stereocenters. The van der Waals surface area contributed by atoms with Crippen molar-refractivity contribution >= 4 is 16.7 Å². The molecule has 0 N–H and O–H groups in total. The predicted molar refractivity (Wildman–Crippen MR) is 99.3 cm³/mol. The Hall–Kier alpha value is -3.55. The lowest BCUT2D eigenvalue weighted by Gasteiger charge is -2.20. The van der Waals surface area contributed by atoms with Crippen LogP contribution in [0.25, 0.3) is 22.4 Å². The second kappa shape index (κ2) is 6.56. The molecule has 3 aromatic heterocycles. The van der Waals surface area contributed by atoms with Crippen molar-refractivity contribution in [2.45, 2.75) is 25.8 Å². The van der Waals surface area contributed by atoms with Gasteiger partial charge in [0.05, 0.1) is 5.69 Å². The first kappa shape index (κ1) is 16.6. The van der Waals surface area contributed by atoms with Crippen molar-refractivity contribution < 1.29 is 13.7 Å². The number of likely N-dealkylation sites (tertiary alicyclic amines) is 1. The Labute approximate surface area is 160 Å². The maximum Gasteiger partial charge on any atom is 0.293 e. The summed E-state index contributed by atoms with van der Waals surface area (Å²) in [5.41, 5.74) is 1.31. The molecule has 0 bridgehead atoms. The van der Waals surface area contributed by atoms with Gasteiger partial charge in [0.1, 0.15) is 11.7 Å². The fraction of sp³-hybridized carbons (Fsp3) is 0.250. The number of amides is 1. The molecule has 8 nitrogen and oxygen atoms in total. The number of carbonyl (C=O) groups is 1. The van der Waals surface area contributed by atoms with E-state index in [-0.39, 0.29) is 17.7 Å². The summed E-state index contributed by atoms with van der Waals surface area (Å²) in [7, 11) is 0. The first-order chi connectivity index (χ1) is 13.7. The van der Waals surface area contributed by atoms with E-state index in [1.54, 1.807) is 24.1 Å². The molecule has 1 atom stereocenters. The standard InChI is InChI=1S/C20H17N5O3/c1-12-11-16(28-24-12)20(26)25-10-4-7-15(25)18-22-23-19(27-18)17-14-6-3-2-5-13(14)8-9-21-17/h2-3,5-6,8-9,11,15H,4,7,10H2,1H3/t15-/m1/s1. The second-order valence-electron chi connectivity index (χ2n) is 6.82. The van der Waals surface area contributed by atoms with Crippen molar-refractivity contribution in [1.82, 2.24) is 25.2 Å². The van der Waals surface area contributed by atoms with Gasteiger partial charge in [-0.05, 0) is 31.2 Å². The van der Waals surface area contributed by atoms with Crippen LogP contribution in [-0.4, -0.2) is 37.7 Å². The molecule has 1 aromatic carbocycles. The van der Waals surface area contributed by atoms with Crippen LogP contribution in [0.1, 0.15) is 41.0 Å². The molecule has 4 aromatic rings. The Morgan fingerprint density at radius 1 is 1.21 bits per heavy atom. The summed E-state index contributed by atoms with van der Waals surface area (Å²) < 4.78 is 11.1. The number of aryl methyl sites for hydroxylation is 1. The Balaban J connectivity index is 1.47. The summed E-state index contributed by atoms with van der Waals surface area (Å²) in [4.78, 5) is 18.9. The van der Waals surface area contributed by atoms with Crippen LogP contribution >= 0.6 is 0 Å². The minimum Gasteiger partial charge on any atom is -0.417 e. The van der Waals surface area contributed by atoms with Crippen molar-refractivity contribution in [2.24, 2.45) is 0 Å². The van der Waals surface area contributed by atoms with Crippen LogP contribution in [0.4, 0.5) is 0 Å². The van der Waals surface area contributed by atoms with Crippen LogP contribution in [0.2, 0.25) is 0 Å². The van der Waals surface area contributed by atoms with Gasteiger partial charge in [-0.2, -0.15) is 0 Å². The van der Waals surface area contributed by atoms with Crippen LogP contribution in [0.5, 0.6) is 0 Å². The number of rotatable bonds is 3. The van der Waals surface area contributed by atoms with E-state index in [0.29, 0.717) is 29.7 Å². The highest BCUT2D eigenvalue weighted by Crippen LogP contribution is 2.34. The monoisotopic (exact) mass is 375 g/mol. The minimum absolute atomic E-state index is 0.217. The molecule has 4 heterocycles. The van der Waals surface area contributed by atoms with Gasteiger partial charge in [-0.25, -0.2) is 0 Å². The minimum atomic E-state index is -0.283. The van der Waals surface area contributed by atoms with Crippen LogP contribution in [0.3, 0.4) is 0 Å². The van der Waals surface area contributed by atoms with Gasteiger partial charge < -0.3 is 13.8 Å². The normalized spacial score (nSPS) is 16.8. The number of fused-ring (bicyclic) bond motifs is 1. The lowest BCUT2D eigenvalue weighted by Crippen LogP contribution is -2.30. The Bertz CT molecular complexity index is 1160. The fourth-order valence-corrected chi connectivity index (χ4v) is 3.63. The van der Waals surface area contributed by atoms with E-state index < -0.39 is 0 Å². The third-order valence-electron chi connectivity index (χ3n) is 4.95. The fourth-order valence-electron chi connectivity index (χ4n) is 3.63. The van der Waals surface area contributed by atoms with Gasteiger partial charge >= 0.3 is 0 Å². The van der Waals surface area contributed by atoms with Crippen LogP contribution in [0, 0.1) is 6.92 Å². The molecule has 5 rings (SSSR count). The Morgan fingerprint density at radius 3 is 2.96 bits per heavy atom. The van der Waals surface area contributed by atoms with Gasteiger partial charge in [-0.3, -0.25) is 9.78 Å². The molecular weight excluding hydrogens is 358 g/mol. The van der Waals surface area contributed by atoms with Crippen LogP contribution in [-0.2, 0) is 0 Å². The highest BCUT2D eigenvalue weighted by Gasteiger charge is 2.36. The topological polar surface area (TPSA) is 98.2 Å². The molecule has 0 aliphatic carbocycles. The van der Waals surface area contributed by atoms with E-state index in [2.05, 4.69) is 20.3 Å². The van der Waals surface area contributed by atoms with E-state index in [1.807, 2.05) is 30.3 Å². The first-order valence-corrected chi connectivity index (χ1v) is 9.12. The molecule has 0 spiro atoms. The van der Waals surface area contributed by atoms with Crippen molar-refractivity contribution in [2.75, 3.05) is 6.54 Å². The molecule has 0 saturated carbocycles. The van der Waals surface area contributed by atoms with Gasteiger partial charge in [0.15, 0.2) is 0 Å². The van der Waals surface area contributed by atoms with E-state index in [1.165, 1.54) is 0 Å². The summed E-state index contributed by atoms with van der Waals surface area (Å²) in [6.07, 6.45) is 3.33. The van der Waals surface area contributed by atoms with Crippen molar-refractivity contribution in [3.05, 3.63) is 59.9 Å². The van der Waals surface area contributed by atoms with Gasteiger partial charge in [-0.15, -0.1) is 10.2 Å². The summed E-state index contributed by atoms with van der Waals surface area (Å²) in [5.74, 6) is 0.763. The molecule has 140 valence electrons. The third-order valence-corrected chi connectivity index (χ3v) is 4.95. The van der Waals surface area contributed by atoms with Crippen molar-refractivity contribution in [3.63, 3.8) is 0 Å². The zero-order chi connectivity index (χ0) is 19.1. The first-order valence-electron chi connectivity index (χ1n) is 9.12. The summed E-state index contributed by atoms with van der Waals surface area (Å²) >= 11 is 0. The summed E-state index contributed by atoms with van der Waals surface area (Å²) in [5, 5.41) is 14.2. The van der Waals surface area contributed by atoms with Gasteiger partial charge in [0.2, 0.25) is 11.7 Å². The average molecular weight is 375 g/mol. The lowest BCUT2D eigenvalue weighted by atomic mass is 10.1. The van der Waals surface area contributed by atoms with E-state index in [4.69, 9.17) is 8.94 Å². The van der Waals surface area contributed by atoms with Gasteiger partial charge in [0.25, 0.3) is 11.8 Å². The lowest BCUT2D eigenvalue weighted by molar-refractivity contribution is 0.0673. The van der Waals surface area contributed by atoms with Gasteiger partial charge in [-0.1, -0.05) is 29.4 Å². The maximum atomic E-state index is 12.8. The zero-order valence-electron chi connectivity index (χ0n) is 15.2. The summed E-state index contributed by atoms with van der Waals surface area (Å²) in [6.45, 7) is 2.39. The molecule has 1 aliphatic heterocycles. The Morgan fingerprint density at radius 2 is 2.11 bits per heavy atom. The SMILES string of the molecule is Cc1cc(C(=O)N2CCC[C@@H]2c2nnc(-c3nccc4ccccc34)o2)on1. The molecule has 28 heavy (non-hydrogen) atoms. The highest BCUT2D eigenvalue weighted by molar-refractivity contribution is 5.93. The largest absolute Gasteiger partial charge is 0.417 e. The number of aromatic nitrogens is 4. The molecule has 0 radical (unpaired) electrons. The predicted octanol–water partition coefficient (Wildman–Crippen LogP) is 3.56. The molecule has 1 amide bonds. The number of hydrogen-bond acceptors (Lipinski definition) is 7. The van der Waals surface area contributed by atoms with Crippen molar-refractivity contribution in [3.8, 4) is 11.6 Å². The zero-order valence-corrected chi connectivity index (χ0v) is 15.2. The highest BCUT2D eigenvalue weighted by atomic mass is 16.5. The number of carbonyl (C=O) groups excluding carboxylic acids is 1. The van der Waals surface area contributed by atoms with E-state index in [9.17, 15) is 4.79 Å². The maximum absolute atomic E-state index is 12.8. The van der Waals surface area contributed by atoms with E-state index in [0.717, 1.165) is 23.6 Å². The molecule has 1 aliphatic rings. The number of hydrogen-bond donors (Lipinski definition) is 0. The quantitative estimate of drug-likeness (QED) is 0.540. The summed E-state index contributed by atoms with van der Waals surface area (Å²) in [6, 6.07) is 11.2. The molecule has 1 saturated heterocycles. The van der Waals surface area contributed by atoms with E-state index >= 15 is 0 Å². The number of benzene rings is 1. The van der Waals surface area contributed by atoms with Crippen LogP contribution < -0.4 is 0 Å². The smallest absolute Gasteiger partial charge is 0.293 e. The second-order valence-corrected chi connectivity index (χ2v) is 6.82. The van der Waals surface area contributed by atoms with Gasteiger partial charge in [0, 0.05) is 24.2 Å². The third kappa shape index (κ3) is 2.74. The van der Waals surface area contributed by atoms with Crippen LogP contribution in [0.15, 0.2) is 51.5 Å². The Kier molecular flexibility index (Phi) is 3.89.